The van der Waals surface area contributed by atoms with Gasteiger partial charge in [0.05, 0.1) is 25.3 Å². The van der Waals surface area contributed by atoms with Crippen LogP contribution < -0.4 is 9.47 Å². The van der Waals surface area contributed by atoms with Gasteiger partial charge in [-0.1, -0.05) is 13.8 Å². The van der Waals surface area contributed by atoms with Gasteiger partial charge in [0.25, 0.3) is 0 Å². The second-order valence-electron chi connectivity index (χ2n) is 4.65. The average Bonchev–Trinajstić information content (AvgIpc) is 2.41. The smallest absolute Gasteiger partial charge is 0.124 e. The van der Waals surface area contributed by atoms with Gasteiger partial charge in [-0.2, -0.15) is 5.26 Å². The van der Waals surface area contributed by atoms with E-state index in [1.54, 1.807) is 25.3 Å². The molecule has 0 N–H and O–H groups in total. The van der Waals surface area contributed by atoms with Crippen LogP contribution in [-0.4, -0.2) is 26.9 Å². The number of nitriles is 1. The Kier molecular flexibility index (Phi) is 6.76. The number of methoxy groups -OCH3 is 1. The maximum absolute atomic E-state index is 8.89. The highest BCUT2D eigenvalue weighted by molar-refractivity contribution is 5.43. The van der Waals surface area contributed by atoms with Crippen molar-refractivity contribution in [3.63, 3.8) is 0 Å². The number of benzene rings is 1. The molecule has 0 heterocycles. The van der Waals surface area contributed by atoms with Crippen LogP contribution in [0.1, 0.15) is 25.8 Å². The molecule has 4 heteroatoms. The minimum atomic E-state index is 0.468. The number of nitrogens with zero attached hydrogens (tertiary/aromatic N) is 1. The van der Waals surface area contributed by atoms with Crippen molar-refractivity contribution in [1.82, 2.24) is 0 Å². The average molecular weight is 263 g/mol. The first-order valence-electron chi connectivity index (χ1n) is 6.45. The summed E-state index contributed by atoms with van der Waals surface area (Å²) >= 11 is 0. The maximum Gasteiger partial charge on any atom is 0.124 e. The van der Waals surface area contributed by atoms with E-state index in [0.29, 0.717) is 36.2 Å². The molecule has 0 fully saturated rings. The summed E-state index contributed by atoms with van der Waals surface area (Å²) in [6.45, 7) is 6.10. The largest absolute Gasteiger partial charge is 0.497 e. The van der Waals surface area contributed by atoms with Crippen LogP contribution >= 0.6 is 0 Å². The van der Waals surface area contributed by atoms with Crippen LogP contribution in [0.15, 0.2) is 18.2 Å². The Hall–Kier alpha value is -1.73. The summed E-state index contributed by atoms with van der Waals surface area (Å²) in [4.78, 5) is 0. The molecule has 0 saturated carbocycles. The number of ether oxygens (including phenoxy) is 3. The summed E-state index contributed by atoms with van der Waals surface area (Å²) in [5.41, 5.74) is 0.523. The Bertz CT molecular complexity index is 424. The van der Waals surface area contributed by atoms with Gasteiger partial charge >= 0.3 is 0 Å². The summed E-state index contributed by atoms with van der Waals surface area (Å²) in [5.74, 6) is 1.90. The van der Waals surface area contributed by atoms with Crippen LogP contribution in [0.5, 0.6) is 11.5 Å². The zero-order valence-electron chi connectivity index (χ0n) is 11.8. The normalized spacial score (nSPS) is 10.3. The van der Waals surface area contributed by atoms with Crippen molar-refractivity contribution in [2.24, 2.45) is 5.92 Å². The van der Waals surface area contributed by atoms with Crippen LogP contribution in [0, 0.1) is 17.2 Å². The van der Waals surface area contributed by atoms with Crippen LogP contribution in [0.25, 0.3) is 0 Å². The quantitative estimate of drug-likeness (QED) is 0.676. The molecule has 1 aromatic rings. The molecule has 0 atom stereocenters. The molecular weight excluding hydrogens is 242 g/mol. The Labute approximate surface area is 114 Å². The van der Waals surface area contributed by atoms with Crippen molar-refractivity contribution in [3.8, 4) is 17.6 Å². The minimum Gasteiger partial charge on any atom is -0.497 e. The molecule has 0 spiro atoms. The van der Waals surface area contributed by atoms with Gasteiger partial charge in [0.2, 0.25) is 0 Å². The zero-order chi connectivity index (χ0) is 14.1. The van der Waals surface area contributed by atoms with Gasteiger partial charge in [-0.25, -0.2) is 0 Å². The molecule has 104 valence electrons. The molecule has 0 unspecified atom stereocenters. The fraction of sp³-hybridized carbons (Fsp3) is 0.533. The fourth-order valence-corrected chi connectivity index (χ4v) is 1.48. The summed E-state index contributed by atoms with van der Waals surface area (Å²) in [6.07, 6.45) is 1.05. The van der Waals surface area contributed by atoms with E-state index in [1.807, 2.05) is 0 Å². The van der Waals surface area contributed by atoms with Gasteiger partial charge in [-0.15, -0.1) is 0 Å². The van der Waals surface area contributed by atoms with E-state index in [1.165, 1.54) is 0 Å². The predicted octanol–water partition coefficient (Wildman–Crippen LogP) is 3.01. The highest BCUT2D eigenvalue weighted by atomic mass is 16.5. The SMILES string of the molecule is COc1cc(C#N)cc(OCCOCCC(C)C)c1. The van der Waals surface area contributed by atoms with Gasteiger partial charge in [-0.3, -0.25) is 0 Å². The third-order valence-corrected chi connectivity index (χ3v) is 2.58. The number of hydrogen-bond acceptors (Lipinski definition) is 4. The summed E-state index contributed by atoms with van der Waals surface area (Å²) in [6, 6.07) is 7.20. The number of hydrogen-bond donors (Lipinski definition) is 0. The van der Waals surface area contributed by atoms with E-state index in [9.17, 15) is 0 Å². The molecule has 4 nitrogen and oxygen atoms in total. The second-order valence-corrected chi connectivity index (χ2v) is 4.65. The summed E-state index contributed by atoms with van der Waals surface area (Å²) in [5, 5.41) is 8.89. The molecule has 1 rings (SSSR count). The number of rotatable bonds is 8. The van der Waals surface area contributed by atoms with Gasteiger partial charge in [-0.05, 0) is 24.5 Å². The van der Waals surface area contributed by atoms with Crippen molar-refractivity contribution in [1.29, 1.82) is 5.26 Å². The van der Waals surface area contributed by atoms with Crippen molar-refractivity contribution < 1.29 is 14.2 Å². The lowest BCUT2D eigenvalue weighted by Gasteiger charge is -2.09. The first-order valence-corrected chi connectivity index (χ1v) is 6.45. The van der Waals surface area contributed by atoms with Crippen LogP contribution in [0.2, 0.25) is 0 Å². The Morgan fingerprint density at radius 2 is 1.84 bits per heavy atom. The Balaban J connectivity index is 2.35. The monoisotopic (exact) mass is 263 g/mol. The molecule has 0 amide bonds. The highest BCUT2D eigenvalue weighted by Gasteiger charge is 2.02. The van der Waals surface area contributed by atoms with E-state index in [-0.39, 0.29) is 0 Å². The van der Waals surface area contributed by atoms with Crippen LogP contribution in [0.4, 0.5) is 0 Å². The van der Waals surface area contributed by atoms with Gasteiger partial charge < -0.3 is 14.2 Å². The zero-order valence-corrected chi connectivity index (χ0v) is 11.8. The topological polar surface area (TPSA) is 51.5 Å². The molecule has 0 saturated heterocycles. The third kappa shape index (κ3) is 6.12. The third-order valence-electron chi connectivity index (χ3n) is 2.58. The van der Waals surface area contributed by atoms with Gasteiger partial charge in [0.15, 0.2) is 0 Å². The van der Waals surface area contributed by atoms with Crippen molar-refractivity contribution >= 4 is 0 Å². The maximum atomic E-state index is 8.89. The molecule has 19 heavy (non-hydrogen) atoms. The van der Waals surface area contributed by atoms with Gasteiger partial charge in [0.1, 0.15) is 18.1 Å². The Morgan fingerprint density at radius 1 is 1.11 bits per heavy atom. The Morgan fingerprint density at radius 3 is 2.47 bits per heavy atom. The molecule has 0 radical (unpaired) electrons. The fourth-order valence-electron chi connectivity index (χ4n) is 1.48. The minimum absolute atomic E-state index is 0.468. The van der Waals surface area contributed by atoms with Crippen molar-refractivity contribution in [2.45, 2.75) is 20.3 Å². The van der Waals surface area contributed by atoms with E-state index in [4.69, 9.17) is 19.5 Å². The van der Waals surface area contributed by atoms with E-state index >= 15 is 0 Å². The molecule has 1 aromatic carbocycles. The molecule has 0 aromatic heterocycles. The van der Waals surface area contributed by atoms with E-state index in [0.717, 1.165) is 13.0 Å². The predicted molar refractivity (Wildman–Crippen MR) is 73.5 cm³/mol. The van der Waals surface area contributed by atoms with Crippen molar-refractivity contribution in [3.05, 3.63) is 23.8 Å². The van der Waals surface area contributed by atoms with Gasteiger partial charge in [0, 0.05) is 12.7 Å². The molecule has 0 bridgehead atoms. The van der Waals surface area contributed by atoms with E-state index in [2.05, 4.69) is 19.9 Å². The molecule has 0 aliphatic carbocycles. The van der Waals surface area contributed by atoms with Crippen LogP contribution in [-0.2, 0) is 4.74 Å². The lowest BCUT2D eigenvalue weighted by Crippen LogP contribution is -2.08. The molecule has 0 aliphatic heterocycles. The van der Waals surface area contributed by atoms with Crippen LogP contribution in [0.3, 0.4) is 0 Å². The van der Waals surface area contributed by atoms with E-state index < -0.39 is 0 Å². The highest BCUT2D eigenvalue weighted by Crippen LogP contribution is 2.22. The lowest BCUT2D eigenvalue weighted by atomic mass is 10.1. The molecule has 0 aliphatic rings. The second kappa shape index (κ2) is 8.39. The standard InChI is InChI=1S/C15H21NO3/c1-12(2)4-5-18-6-7-19-15-9-13(11-16)8-14(10-15)17-3/h8-10,12H,4-7H2,1-3H3. The summed E-state index contributed by atoms with van der Waals surface area (Å²) < 4.78 is 16.1. The summed E-state index contributed by atoms with van der Waals surface area (Å²) in [7, 11) is 1.56. The first-order chi connectivity index (χ1) is 9.15. The first kappa shape index (κ1) is 15.3. The molecular formula is C15H21NO3. The lowest BCUT2D eigenvalue weighted by molar-refractivity contribution is 0.0925. The van der Waals surface area contributed by atoms with Crippen molar-refractivity contribution in [2.75, 3.05) is 26.9 Å².